The van der Waals surface area contributed by atoms with Gasteiger partial charge >= 0.3 is 0 Å². The molecule has 0 saturated carbocycles. The summed E-state index contributed by atoms with van der Waals surface area (Å²) >= 11 is 7.23. The molecule has 0 N–H and O–H groups in total. The second-order valence-electron chi connectivity index (χ2n) is 4.15. The molecule has 4 nitrogen and oxygen atoms in total. The first-order valence-corrected chi connectivity index (χ1v) is 6.87. The summed E-state index contributed by atoms with van der Waals surface area (Å²) in [5, 5.41) is 9.78. The SMILES string of the molecule is Cc1cc2ncn(-c3nnc(CCl)s3)c2cc1C. The minimum Gasteiger partial charge on any atom is -0.273 e. The Kier molecular flexibility index (Phi) is 2.80. The third kappa shape index (κ3) is 1.79. The van der Waals surface area contributed by atoms with Crippen molar-refractivity contribution >= 4 is 34.0 Å². The summed E-state index contributed by atoms with van der Waals surface area (Å²) in [6.07, 6.45) is 1.78. The number of imidazole rings is 1. The number of aryl methyl sites for hydroxylation is 2. The third-order valence-electron chi connectivity index (χ3n) is 2.94. The van der Waals surface area contributed by atoms with Crippen molar-refractivity contribution in [2.45, 2.75) is 19.7 Å². The molecule has 6 heteroatoms. The first-order valence-electron chi connectivity index (χ1n) is 5.52. The van der Waals surface area contributed by atoms with E-state index < -0.39 is 0 Å². The molecule has 0 bridgehead atoms. The summed E-state index contributed by atoms with van der Waals surface area (Å²) in [5.74, 6) is 0.391. The fraction of sp³-hybridized carbons (Fsp3) is 0.250. The Hall–Kier alpha value is -1.46. The topological polar surface area (TPSA) is 43.6 Å². The molecule has 0 fully saturated rings. The average molecular weight is 279 g/mol. The summed E-state index contributed by atoms with van der Waals surface area (Å²) < 4.78 is 1.95. The van der Waals surface area contributed by atoms with Gasteiger partial charge in [0.05, 0.1) is 16.9 Å². The molecule has 0 amide bonds. The Bertz CT molecular complexity index is 716. The van der Waals surface area contributed by atoms with Gasteiger partial charge in [-0.25, -0.2) is 4.98 Å². The summed E-state index contributed by atoms with van der Waals surface area (Å²) in [4.78, 5) is 4.40. The normalized spacial score (nSPS) is 11.3. The first-order chi connectivity index (χ1) is 8.69. The van der Waals surface area contributed by atoms with Crippen molar-refractivity contribution < 1.29 is 0 Å². The minimum atomic E-state index is 0.391. The summed E-state index contributed by atoms with van der Waals surface area (Å²) in [7, 11) is 0. The molecule has 18 heavy (non-hydrogen) atoms. The maximum Gasteiger partial charge on any atom is 0.218 e. The molecule has 3 rings (SSSR count). The number of benzene rings is 1. The Morgan fingerprint density at radius 1 is 1.22 bits per heavy atom. The Balaban J connectivity index is 2.20. The van der Waals surface area contributed by atoms with E-state index in [1.54, 1.807) is 6.33 Å². The molecule has 0 aliphatic carbocycles. The first kappa shape index (κ1) is 11.6. The number of rotatable bonds is 2. The van der Waals surface area contributed by atoms with Crippen LogP contribution in [0.4, 0.5) is 0 Å². The van der Waals surface area contributed by atoms with Gasteiger partial charge < -0.3 is 0 Å². The molecule has 0 aliphatic rings. The molecule has 92 valence electrons. The van der Waals surface area contributed by atoms with Crippen molar-refractivity contribution in [3.05, 3.63) is 34.6 Å². The molecule has 1 aromatic carbocycles. The van der Waals surface area contributed by atoms with Crippen molar-refractivity contribution in [1.29, 1.82) is 0 Å². The number of hydrogen-bond donors (Lipinski definition) is 0. The van der Waals surface area contributed by atoms with Crippen molar-refractivity contribution in [2.24, 2.45) is 0 Å². The van der Waals surface area contributed by atoms with Crippen LogP contribution in [0.2, 0.25) is 0 Å². The van der Waals surface area contributed by atoms with Gasteiger partial charge in [-0.3, -0.25) is 4.57 Å². The van der Waals surface area contributed by atoms with Crippen LogP contribution in [-0.2, 0) is 5.88 Å². The van der Waals surface area contributed by atoms with E-state index in [1.165, 1.54) is 22.5 Å². The Labute approximate surface area is 113 Å². The number of halogens is 1. The Morgan fingerprint density at radius 3 is 2.72 bits per heavy atom. The number of hydrogen-bond acceptors (Lipinski definition) is 4. The molecular formula is C12H11ClN4S. The van der Waals surface area contributed by atoms with Gasteiger partial charge in [-0.2, -0.15) is 0 Å². The van der Waals surface area contributed by atoms with E-state index in [0.717, 1.165) is 21.2 Å². The Morgan fingerprint density at radius 2 is 2.00 bits per heavy atom. The molecule has 0 unspecified atom stereocenters. The zero-order chi connectivity index (χ0) is 12.7. The molecular weight excluding hydrogens is 268 g/mol. The van der Waals surface area contributed by atoms with Crippen molar-refractivity contribution in [1.82, 2.24) is 19.7 Å². The summed E-state index contributed by atoms with van der Waals surface area (Å²) in [5.41, 5.74) is 4.51. The smallest absolute Gasteiger partial charge is 0.218 e. The fourth-order valence-corrected chi connectivity index (χ4v) is 2.70. The van der Waals surface area contributed by atoms with E-state index in [2.05, 4.69) is 41.2 Å². The van der Waals surface area contributed by atoms with Crippen LogP contribution in [0.1, 0.15) is 16.1 Å². The highest BCUT2D eigenvalue weighted by atomic mass is 35.5. The van der Waals surface area contributed by atoms with Crippen LogP contribution in [0, 0.1) is 13.8 Å². The maximum atomic E-state index is 5.75. The monoisotopic (exact) mass is 278 g/mol. The van der Waals surface area contributed by atoms with E-state index in [-0.39, 0.29) is 0 Å². The number of nitrogens with zero attached hydrogens (tertiary/aromatic N) is 4. The molecule has 0 radical (unpaired) electrons. The van der Waals surface area contributed by atoms with E-state index >= 15 is 0 Å². The number of fused-ring (bicyclic) bond motifs is 1. The average Bonchev–Trinajstić information content (AvgIpc) is 2.96. The fourth-order valence-electron chi connectivity index (χ4n) is 1.81. The highest BCUT2D eigenvalue weighted by Gasteiger charge is 2.10. The summed E-state index contributed by atoms with van der Waals surface area (Å²) in [6, 6.07) is 4.21. The van der Waals surface area contributed by atoms with Gasteiger partial charge in [0, 0.05) is 0 Å². The van der Waals surface area contributed by atoms with E-state index in [0.29, 0.717) is 5.88 Å². The van der Waals surface area contributed by atoms with E-state index in [9.17, 15) is 0 Å². The third-order valence-corrected chi connectivity index (χ3v) is 4.27. The van der Waals surface area contributed by atoms with Crippen molar-refractivity contribution in [3.8, 4) is 5.13 Å². The van der Waals surface area contributed by atoms with Crippen LogP contribution in [0.15, 0.2) is 18.5 Å². The minimum absolute atomic E-state index is 0.391. The highest BCUT2D eigenvalue weighted by Crippen LogP contribution is 2.24. The van der Waals surface area contributed by atoms with E-state index in [1.807, 2.05) is 4.57 Å². The lowest BCUT2D eigenvalue weighted by atomic mass is 10.1. The van der Waals surface area contributed by atoms with Gasteiger partial charge in [-0.15, -0.1) is 21.8 Å². The van der Waals surface area contributed by atoms with Gasteiger partial charge in [0.2, 0.25) is 5.13 Å². The lowest BCUT2D eigenvalue weighted by molar-refractivity contribution is 0.963. The number of alkyl halides is 1. The lowest BCUT2D eigenvalue weighted by Crippen LogP contribution is -1.91. The zero-order valence-electron chi connectivity index (χ0n) is 10.0. The highest BCUT2D eigenvalue weighted by molar-refractivity contribution is 7.13. The van der Waals surface area contributed by atoms with Crippen LogP contribution in [0.25, 0.3) is 16.2 Å². The van der Waals surface area contributed by atoms with Crippen molar-refractivity contribution in [2.75, 3.05) is 0 Å². The second-order valence-corrected chi connectivity index (χ2v) is 5.46. The predicted octanol–water partition coefficient (Wildman–Crippen LogP) is 3.23. The van der Waals surface area contributed by atoms with Gasteiger partial charge in [0.1, 0.15) is 11.3 Å². The maximum absolute atomic E-state index is 5.75. The molecule has 0 spiro atoms. The van der Waals surface area contributed by atoms with Gasteiger partial charge in [0.15, 0.2) is 0 Å². The van der Waals surface area contributed by atoms with Crippen LogP contribution < -0.4 is 0 Å². The summed E-state index contributed by atoms with van der Waals surface area (Å²) in [6.45, 7) is 4.18. The molecule has 0 saturated heterocycles. The van der Waals surface area contributed by atoms with Crippen LogP contribution >= 0.6 is 22.9 Å². The standard InChI is InChI=1S/C12H11ClN4S/c1-7-3-9-10(4-8(7)2)17(6-14-9)12-16-15-11(5-13)18-12/h3-4,6H,5H2,1-2H3. The molecule has 0 aliphatic heterocycles. The zero-order valence-corrected chi connectivity index (χ0v) is 11.6. The lowest BCUT2D eigenvalue weighted by Gasteiger charge is -2.01. The van der Waals surface area contributed by atoms with Gasteiger partial charge in [-0.1, -0.05) is 11.3 Å². The molecule has 2 heterocycles. The van der Waals surface area contributed by atoms with Gasteiger partial charge in [0.25, 0.3) is 0 Å². The van der Waals surface area contributed by atoms with Crippen LogP contribution in [0.5, 0.6) is 0 Å². The molecule has 2 aromatic heterocycles. The van der Waals surface area contributed by atoms with Crippen LogP contribution in [-0.4, -0.2) is 19.7 Å². The molecule has 0 atom stereocenters. The van der Waals surface area contributed by atoms with Gasteiger partial charge in [-0.05, 0) is 37.1 Å². The van der Waals surface area contributed by atoms with E-state index in [4.69, 9.17) is 11.6 Å². The second kappa shape index (κ2) is 4.33. The number of aromatic nitrogens is 4. The molecule has 3 aromatic rings. The quantitative estimate of drug-likeness (QED) is 0.676. The van der Waals surface area contributed by atoms with Crippen LogP contribution in [0.3, 0.4) is 0 Å². The largest absolute Gasteiger partial charge is 0.273 e. The van der Waals surface area contributed by atoms with Crippen molar-refractivity contribution in [3.63, 3.8) is 0 Å². The predicted molar refractivity (Wildman–Crippen MR) is 73.6 cm³/mol.